The molecule has 1 atom stereocenters. The fourth-order valence-corrected chi connectivity index (χ4v) is 4.29. The van der Waals surface area contributed by atoms with E-state index < -0.39 is 26.7 Å². The Morgan fingerprint density at radius 2 is 1.93 bits per heavy atom. The molecule has 1 heterocycles. The second-order valence-corrected chi connectivity index (χ2v) is 7.86. The predicted octanol–water partition coefficient (Wildman–Crippen LogP) is 0.861. The molecule has 1 aliphatic heterocycles. The predicted molar refractivity (Wildman–Crippen MR) is 96.1 cm³/mol. The standard InChI is InChI=1S/C16H23N3O7S/c1-4-26-12(2)16(20)17-7-9-18(10-8-17)27(23,24)13-5-6-15(25-3)14(11-13)19(21)22/h5-6,11-12H,4,7-10H2,1-3H3. The van der Waals surface area contributed by atoms with Gasteiger partial charge < -0.3 is 14.4 Å². The lowest BCUT2D eigenvalue weighted by atomic mass is 10.3. The van der Waals surface area contributed by atoms with Crippen LogP contribution in [0.1, 0.15) is 13.8 Å². The number of nitro benzene ring substituents is 1. The van der Waals surface area contributed by atoms with E-state index in [2.05, 4.69) is 0 Å². The number of piperazine rings is 1. The Balaban J connectivity index is 2.14. The topological polar surface area (TPSA) is 119 Å². The molecule has 0 radical (unpaired) electrons. The number of amides is 1. The Kier molecular flexibility index (Phi) is 6.73. The summed E-state index contributed by atoms with van der Waals surface area (Å²) in [5, 5.41) is 11.1. The van der Waals surface area contributed by atoms with Crippen molar-refractivity contribution in [2.75, 3.05) is 39.9 Å². The monoisotopic (exact) mass is 401 g/mol. The molecule has 150 valence electrons. The Morgan fingerprint density at radius 3 is 2.44 bits per heavy atom. The zero-order chi connectivity index (χ0) is 20.2. The molecule has 0 spiro atoms. The molecule has 27 heavy (non-hydrogen) atoms. The lowest BCUT2D eigenvalue weighted by Gasteiger charge is -2.35. The smallest absolute Gasteiger partial charge is 0.312 e. The van der Waals surface area contributed by atoms with Gasteiger partial charge in [-0.1, -0.05) is 0 Å². The SMILES string of the molecule is CCOC(C)C(=O)N1CCN(S(=O)(=O)c2ccc(OC)c([N+](=O)[O-])c2)CC1. The third-order valence-corrected chi connectivity index (χ3v) is 6.19. The van der Waals surface area contributed by atoms with Gasteiger partial charge >= 0.3 is 5.69 Å². The van der Waals surface area contributed by atoms with Crippen molar-refractivity contribution in [3.63, 3.8) is 0 Å². The zero-order valence-electron chi connectivity index (χ0n) is 15.5. The quantitative estimate of drug-likeness (QED) is 0.491. The van der Waals surface area contributed by atoms with E-state index in [0.29, 0.717) is 6.61 Å². The molecule has 1 aromatic carbocycles. The highest BCUT2D eigenvalue weighted by Crippen LogP contribution is 2.30. The van der Waals surface area contributed by atoms with Gasteiger partial charge in [0, 0.05) is 38.9 Å². The second-order valence-electron chi connectivity index (χ2n) is 5.92. The van der Waals surface area contributed by atoms with Crippen molar-refractivity contribution < 1.29 is 27.6 Å². The largest absolute Gasteiger partial charge is 0.490 e. The van der Waals surface area contributed by atoms with Crippen molar-refractivity contribution in [2.45, 2.75) is 24.8 Å². The average molecular weight is 401 g/mol. The highest BCUT2D eigenvalue weighted by Gasteiger charge is 2.33. The number of hydrogen-bond acceptors (Lipinski definition) is 7. The first kappa shape index (κ1) is 21.1. The summed E-state index contributed by atoms with van der Waals surface area (Å²) >= 11 is 0. The van der Waals surface area contributed by atoms with Crippen LogP contribution in [0.25, 0.3) is 0 Å². The van der Waals surface area contributed by atoms with Crippen LogP contribution in [0.4, 0.5) is 5.69 Å². The second kappa shape index (κ2) is 8.63. The maximum atomic E-state index is 12.8. The number of ether oxygens (including phenoxy) is 2. The van der Waals surface area contributed by atoms with E-state index in [1.54, 1.807) is 18.7 Å². The van der Waals surface area contributed by atoms with Gasteiger partial charge in [-0.25, -0.2) is 8.42 Å². The summed E-state index contributed by atoms with van der Waals surface area (Å²) < 4.78 is 37.0. The summed E-state index contributed by atoms with van der Waals surface area (Å²) in [6.07, 6.45) is -0.581. The molecule has 1 unspecified atom stereocenters. The molecule has 11 heteroatoms. The summed E-state index contributed by atoms with van der Waals surface area (Å²) in [6, 6.07) is 3.52. The molecular formula is C16H23N3O7S. The normalized spacial score (nSPS) is 16.8. The number of hydrogen-bond donors (Lipinski definition) is 0. The number of nitrogens with zero attached hydrogens (tertiary/aromatic N) is 3. The maximum absolute atomic E-state index is 12.8. The maximum Gasteiger partial charge on any atom is 0.312 e. The van der Waals surface area contributed by atoms with Gasteiger partial charge in [0.25, 0.3) is 5.91 Å². The number of benzene rings is 1. The molecule has 1 fully saturated rings. The molecule has 10 nitrogen and oxygen atoms in total. The van der Waals surface area contributed by atoms with E-state index in [0.717, 1.165) is 6.07 Å². The minimum absolute atomic E-state index is 0.0146. The fraction of sp³-hybridized carbons (Fsp3) is 0.562. The highest BCUT2D eigenvalue weighted by atomic mass is 32.2. The van der Waals surface area contributed by atoms with E-state index in [9.17, 15) is 23.3 Å². The van der Waals surface area contributed by atoms with Crippen molar-refractivity contribution in [3.05, 3.63) is 28.3 Å². The molecule has 1 aromatic rings. The number of nitro groups is 1. The molecule has 0 aromatic heterocycles. The van der Waals surface area contributed by atoms with E-state index in [1.165, 1.54) is 23.5 Å². The van der Waals surface area contributed by atoms with Gasteiger partial charge in [-0.2, -0.15) is 4.31 Å². The fourth-order valence-electron chi connectivity index (χ4n) is 2.85. The van der Waals surface area contributed by atoms with Crippen LogP contribution in [0.5, 0.6) is 5.75 Å². The first-order valence-corrected chi connectivity index (χ1v) is 9.89. The van der Waals surface area contributed by atoms with Gasteiger partial charge in [0.1, 0.15) is 6.10 Å². The average Bonchev–Trinajstić information content (AvgIpc) is 2.67. The molecule has 0 N–H and O–H groups in total. The van der Waals surface area contributed by atoms with Crippen molar-refractivity contribution in [2.24, 2.45) is 0 Å². The van der Waals surface area contributed by atoms with Crippen molar-refractivity contribution in [1.82, 2.24) is 9.21 Å². The van der Waals surface area contributed by atoms with Crippen LogP contribution < -0.4 is 4.74 Å². The van der Waals surface area contributed by atoms with Crippen LogP contribution in [-0.2, 0) is 19.6 Å². The van der Waals surface area contributed by atoms with Gasteiger partial charge in [-0.3, -0.25) is 14.9 Å². The molecule has 1 aliphatic rings. The third-order valence-electron chi connectivity index (χ3n) is 4.30. The molecule has 1 saturated heterocycles. The lowest BCUT2D eigenvalue weighted by molar-refractivity contribution is -0.386. The number of methoxy groups -OCH3 is 1. The summed E-state index contributed by atoms with van der Waals surface area (Å²) in [7, 11) is -2.64. The van der Waals surface area contributed by atoms with Gasteiger partial charge in [0.15, 0.2) is 5.75 Å². The molecule has 0 bridgehead atoms. The minimum Gasteiger partial charge on any atom is -0.490 e. The van der Waals surface area contributed by atoms with Crippen LogP contribution in [0.2, 0.25) is 0 Å². The van der Waals surface area contributed by atoms with Crippen molar-refractivity contribution in [3.8, 4) is 5.75 Å². The summed E-state index contributed by atoms with van der Waals surface area (Å²) in [5.74, 6) is -0.201. The van der Waals surface area contributed by atoms with Crippen LogP contribution in [0.15, 0.2) is 23.1 Å². The number of carbonyl (C=O) groups excluding carboxylic acids is 1. The summed E-state index contributed by atoms with van der Waals surface area (Å²) in [4.78, 5) is 24.1. The first-order chi connectivity index (χ1) is 12.7. The first-order valence-electron chi connectivity index (χ1n) is 8.45. The summed E-state index contributed by atoms with van der Waals surface area (Å²) in [5.41, 5.74) is -0.419. The van der Waals surface area contributed by atoms with Gasteiger partial charge in [-0.05, 0) is 26.0 Å². The van der Waals surface area contributed by atoms with E-state index in [-0.39, 0.29) is 42.7 Å². The van der Waals surface area contributed by atoms with E-state index in [4.69, 9.17) is 9.47 Å². The zero-order valence-corrected chi connectivity index (χ0v) is 16.3. The van der Waals surface area contributed by atoms with E-state index in [1.807, 2.05) is 0 Å². The van der Waals surface area contributed by atoms with Crippen molar-refractivity contribution >= 4 is 21.6 Å². The summed E-state index contributed by atoms with van der Waals surface area (Å²) in [6.45, 7) is 4.53. The Bertz CT molecular complexity index is 804. The van der Waals surface area contributed by atoms with Crippen LogP contribution in [0, 0.1) is 10.1 Å². The number of rotatable bonds is 7. The third kappa shape index (κ3) is 4.54. The lowest BCUT2D eigenvalue weighted by Crippen LogP contribution is -2.52. The van der Waals surface area contributed by atoms with Crippen LogP contribution in [0.3, 0.4) is 0 Å². The molecule has 0 saturated carbocycles. The van der Waals surface area contributed by atoms with Crippen LogP contribution in [-0.4, -0.2) is 74.5 Å². The Hall–Kier alpha value is -2.24. The van der Waals surface area contributed by atoms with Crippen LogP contribution >= 0.6 is 0 Å². The van der Waals surface area contributed by atoms with Gasteiger partial charge in [-0.15, -0.1) is 0 Å². The molecule has 0 aliphatic carbocycles. The highest BCUT2D eigenvalue weighted by molar-refractivity contribution is 7.89. The Labute approximate surface area is 157 Å². The Morgan fingerprint density at radius 1 is 1.30 bits per heavy atom. The van der Waals surface area contributed by atoms with Gasteiger partial charge in [0.2, 0.25) is 10.0 Å². The molecular weight excluding hydrogens is 378 g/mol. The molecule has 2 rings (SSSR count). The van der Waals surface area contributed by atoms with E-state index >= 15 is 0 Å². The number of sulfonamides is 1. The van der Waals surface area contributed by atoms with Crippen molar-refractivity contribution in [1.29, 1.82) is 0 Å². The number of carbonyl (C=O) groups is 1. The minimum atomic E-state index is -3.92. The molecule has 1 amide bonds. The van der Waals surface area contributed by atoms with Gasteiger partial charge in [0.05, 0.1) is 16.9 Å².